The highest BCUT2D eigenvalue weighted by molar-refractivity contribution is 6.02. The Labute approximate surface area is 127 Å². The van der Waals surface area contributed by atoms with Gasteiger partial charge >= 0.3 is 5.97 Å². The summed E-state index contributed by atoms with van der Waals surface area (Å²) in [6.45, 7) is 5.09. The monoisotopic (exact) mass is 305 g/mol. The summed E-state index contributed by atoms with van der Waals surface area (Å²) in [6.07, 6.45) is 4.67. The number of aromatic amines is 1. The van der Waals surface area contributed by atoms with Crippen LogP contribution in [0.15, 0.2) is 18.5 Å². The van der Waals surface area contributed by atoms with E-state index in [0.29, 0.717) is 5.69 Å². The number of amides is 1. The molecule has 2 rings (SSSR count). The molecule has 8 heteroatoms. The Morgan fingerprint density at radius 3 is 2.82 bits per heavy atom. The molecule has 2 aromatic rings. The number of hydrogen-bond acceptors (Lipinski definition) is 4. The number of hydrogen-bond donors (Lipinski definition) is 3. The first-order valence-electron chi connectivity index (χ1n) is 6.98. The minimum absolute atomic E-state index is 0.286. The molecule has 0 aliphatic rings. The molecule has 2 heterocycles. The predicted molar refractivity (Wildman–Crippen MR) is 79.7 cm³/mol. The van der Waals surface area contributed by atoms with Crippen LogP contribution in [0.4, 0.5) is 5.69 Å². The summed E-state index contributed by atoms with van der Waals surface area (Å²) in [4.78, 5) is 23.3. The highest BCUT2D eigenvalue weighted by Gasteiger charge is 2.30. The van der Waals surface area contributed by atoms with Crippen molar-refractivity contribution in [1.29, 1.82) is 0 Å². The van der Waals surface area contributed by atoms with Gasteiger partial charge in [0.2, 0.25) is 0 Å². The Morgan fingerprint density at radius 1 is 1.45 bits per heavy atom. The standard InChI is InChI=1S/C14H19N5O3/c1-4-5-9-6-11(18-17-9)12(20)16-10-7-15-19(8-10)14(2,3)13(21)22/h6-8H,4-5H2,1-3H3,(H,16,20)(H,17,18)(H,21,22). The summed E-state index contributed by atoms with van der Waals surface area (Å²) in [7, 11) is 0. The molecule has 0 spiro atoms. The van der Waals surface area contributed by atoms with Crippen LogP contribution in [-0.2, 0) is 16.8 Å². The third-order valence-electron chi connectivity index (χ3n) is 3.32. The van der Waals surface area contributed by atoms with Crippen LogP contribution < -0.4 is 5.32 Å². The lowest BCUT2D eigenvalue weighted by Gasteiger charge is -2.19. The van der Waals surface area contributed by atoms with Gasteiger partial charge in [0.05, 0.1) is 11.9 Å². The van der Waals surface area contributed by atoms with Crippen molar-refractivity contribution in [2.75, 3.05) is 5.32 Å². The molecule has 0 aromatic carbocycles. The quantitative estimate of drug-likeness (QED) is 0.750. The van der Waals surface area contributed by atoms with Crippen molar-refractivity contribution in [3.8, 4) is 0 Å². The molecule has 1 amide bonds. The molecule has 0 aliphatic carbocycles. The van der Waals surface area contributed by atoms with Crippen LogP contribution in [0, 0.1) is 0 Å². The van der Waals surface area contributed by atoms with E-state index in [4.69, 9.17) is 5.11 Å². The zero-order chi connectivity index (χ0) is 16.3. The molecule has 0 saturated heterocycles. The lowest BCUT2D eigenvalue weighted by molar-refractivity contribution is -0.146. The number of carbonyl (C=O) groups is 2. The molecule has 118 valence electrons. The van der Waals surface area contributed by atoms with E-state index in [1.165, 1.54) is 30.9 Å². The first-order chi connectivity index (χ1) is 10.3. The van der Waals surface area contributed by atoms with Crippen LogP contribution in [0.2, 0.25) is 0 Å². The number of nitrogens with zero attached hydrogens (tertiary/aromatic N) is 3. The van der Waals surface area contributed by atoms with Crippen LogP contribution >= 0.6 is 0 Å². The van der Waals surface area contributed by atoms with E-state index in [9.17, 15) is 9.59 Å². The van der Waals surface area contributed by atoms with Crippen LogP contribution in [-0.4, -0.2) is 37.0 Å². The smallest absolute Gasteiger partial charge is 0.331 e. The van der Waals surface area contributed by atoms with Gasteiger partial charge in [-0.15, -0.1) is 0 Å². The van der Waals surface area contributed by atoms with E-state index in [-0.39, 0.29) is 11.6 Å². The van der Waals surface area contributed by atoms with Gasteiger partial charge in [0.1, 0.15) is 0 Å². The third-order valence-corrected chi connectivity index (χ3v) is 3.32. The second-order valence-electron chi connectivity index (χ2n) is 5.52. The second-order valence-corrected chi connectivity index (χ2v) is 5.52. The number of aromatic nitrogens is 4. The second kappa shape index (κ2) is 6.00. The zero-order valence-electron chi connectivity index (χ0n) is 12.8. The maximum Gasteiger partial charge on any atom is 0.331 e. The molecular formula is C14H19N5O3. The first-order valence-corrected chi connectivity index (χ1v) is 6.98. The van der Waals surface area contributed by atoms with Crippen molar-refractivity contribution in [2.24, 2.45) is 0 Å². The summed E-state index contributed by atoms with van der Waals surface area (Å²) in [5.74, 6) is -1.38. The molecule has 8 nitrogen and oxygen atoms in total. The van der Waals surface area contributed by atoms with Crippen molar-refractivity contribution in [2.45, 2.75) is 39.2 Å². The summed E-state index contributed by atoms with van der Waals surface area (Å²) in [5.41, 5.74) is 0.410. The van der Waals surface area contributed by atoms with Gasteiger partial charge in [-0.1, -0.05) is 13.3 Å². The number of carboxylic acid groups (broad SMARTS) is 1. The summed E-state index contributed by atoms with van der Waals surface area (Å²) in [6, 6.07) is 1.70. The molecule has 22 heavy (non-hydrogen) atoms. The maximum absolute atomic E-state index is 12.1. The maximum atomic E-state index is 12.1. The summed E-state index contributed by atoms with van der Waals surface area (Å²) >= 11 is 0. The molecule has 0 aliphatic heterocycles. The number of aryl methyl sites for hydroxylation is 1. The molecule has 0 atom stereocenters. The van der Waals surface area contributed by atoms with Crippen molar-refractivity contribution < 1.29 is 14.7 Å². The molecule has 0 bridgehead atoms. The third kappa shape index (κ3) is 3.16. The first kappa shape index (κ1) is 15.7. The van der Waals surface area contributed by atoms with Gasteiger partial charge in [0, 0.05) is 11.9 Å². The number of aliphatic carboxylic acids is 1. The van der Waals surface area contributed by atoms with Crippen molar-refractivity contribution >= 4 is 17.6 Å². The fourth-order valence-electron chi connectivity index (χ4n) is 1.86. The number of nitrogens with one attached hydrogen (secondary N) is 2. The van der Waals surface area contributed by atoms with Gasteiger partial charge in [0.15, 0.2) is 11.2 Å². The van der Waals surface area contributed by atoms with Gasteiger partial charge in [-0.2, -0.15) is 10.2 Å². The number of anilines is 1. The average molecular weight is 305 g/mol. The largest absolute Gasteiger partial charge is 0.479 e. The number of H-pyrrole nitrogens is 1. The van der Waals surface area contributed by atoms with Gasteiger partial charge in [0.25, 0.3) is 5.91 Å². The van der Waals surface area contributed by atoms with Gasteiger partial charge in [-0.05, 0) is 26.3 Å². The minimum atomic E-state index is -1.19. The molecule has 0 unspecified atom stereocenters. The molecular weight excluding hydrogens is 286 g/mol. The summed E-state index contributed by atoms with van der Waals surface area (Å²) < 4.78 is 1.29. The number of rotatable bonds is 6. The Morgan fingerprint density at radius 2 is 2.18 bits per heavy atom. The lowest BCUT2D eigenvalue weighted by Crippen LogP contribution is -2.35. The van der Waals surface area contributed by atoms with Crippen LogP contribution in [0.25, 0.3) is 0 Å². The molecule has 2 aromatic heterocycles. The highest BCUT2D eigenvalue weighted by atomic mass is 16.4. The Hall–Kier alpha value is -2.64. The summed E-state index contributed by atoms with van der Waals surface area (Å²) in [5, 5.41) is 22.6. The van der Waals surface area contributed by atoms with Crippen LogP contribution in [0.3, 0.4) is 0 Å². The Balaban J connectivity index is 2.09. The average Bonchev–Trinajstić information content (AvgIpc) is 3.08. The van der Waals surface area contributed by atoms with E-state index in [2.05, 4.69) is 20.6 Å². The highest BCUT2D eigenvalue weighted by Crippen LogP contribution is 2.17. The topological polar surface area (TPSA) is 113 Å². The normalized spacial score (nSPS) is 11.4. The number of carbonyl (C=O) groups excluding carboxylic acids is 1. The molecule has 0 fully saturated rings. The zero-order valence-corrected chi connectivity index (χ0v) is 12.8. The van der Waals surface area contributed by atoms with E-state index in [0.717, 1.165) is 18.5 Å². The van der Waals surface area contributed by atoms with Crippen molar-refractivity contribution in [3.05, 3.63) is 29.8 Å². The Bertz CT molecular complexity index is 686. The van der Waals surface area contributed by atoms with E-state index >= 15 is 0 Å². The van der Waals surface area contributed by atoms with E-state index in [1.54, 1.807) is 6.07 Å². The van der Waals surface area contributed by atoms with Crippen LogP contribution in [0.1, 0.15) is 43.4 Å². The molecule has 0 saturated carbocycles. The van der Waals surface area contributed by atoms with Gasteiger partial charge < -0.3 is 10.4 Å². The van der Waals surface area contributed by atoms with Crippen molar-refractivity contribution in [3.63, 3.8) is 0 Å². The minimum Gasteiger partial charge on any atom is -0.479 e. The Kier molecular flexibility index (Phi) is 4.30. The SMILES string of the molecule is CCCc1cc(C(=O)Nc2cnn(C(C)(C)C(=O)O)c2)n[nH]1. The van der Waals surface area contributed by atoms with Gasteiger partial charge in [-0.3, -0.25) is 14.6 Å². The van der Waals surface area contributed by atoms with Gasteiger partial charge in [-0.25, -0.2) is 4.79 Å². The van der Waals surface area contributed by atoms with E-state index in [1.807, 2.05) is 6.92 Å². The fourth-order valence-corrected chi connectivity index (χ4v) is 1.86. The molecule has 3 N–H and O–H groups in total. The number of carboxylic acids is 1. The van der Waals surface area contributed by atoms with Crippen molar-refractivity contribution in [1.82, 2.24) is 20.0 Å². The predicted octanol–water partition coefficient (Wildman–Crippen LogP) is 1.63. The fraction of sp³-hybridized carbons (Fsp3) is 0.429. The lowest BCUT2D eigenvalue weighted by atomic mass is 10.1. The van der Waals surface area contributed by atoms with E-state index < -0.39 is 11.5 Å². The molecule has 0 radical (unpaired) electrons. The van der Waals surface area contributed by atoms with Crippen LogP contribution in [0.5, 0.6) is 0 Å².